The Bertz CT molecular complexity index is 384. The van der Waals surface area contributed by atoms with Crippen molar-refractivity contribution in [2.45, 2.75) is 39.7 Å². The first-order valence-corrected chi connectivity index (χ1v) is 5.43. The van der Waals surface area contributed by atoms with Crippen molar-refractivity contribution in [1.82, 2.24) is 0 Å². The fourth-order valence-corrected chi connectivity index (χ4v) is 1.97. The van der Waals surface area contributed by atoms with E-state index in [-0.39, 0.29) is 17.0 Å². The largest absolute Gasteiger partial charge is 0.385 e. The highest BCUT2D eigenvalue weighted by Gasteiger charge is 2.29. The summed E-state index contributed by atoms with van der Waals surface area (Å²) in [5, 5.41) is 10.1. The number of rotatable bonds is 3. The van der Waals surface area contributed by atoms with Crippen LogP contribution in [0.4, 0.5) is 8.78 Å². The Morgan fingerprint density at radius 1 is 1.25 bits per heavy atom. The molecule has 0 amide bonds. The summed E-state index contributed by atoms with van der Waals surface area (Å²) in [5.41, 5.74) is -1.04. The van der Waals surface area contributed by atoms with Crippen LogP contribution in [0.5, 0.6) is 0 Å². The number of aryl methyl sites for hydroxylation is 1. The Balaban J connectivity index is 3.18. The molecule has 0 aromatic heterocycles. The second-order valence-corrected chi connectivity index (χ2v) is 4.93. The van der Waals surface area contributed by atoms with E-state index in [0.717, 1.165) is 0 Å². The lowest BCUT2D eigenvalue weighted by Crippen LogP contribution is -2.25. The van der Waals surface area contributed by atoms with Crippen LogP contribution in [0.15, 0.2) is 12.1 Å². The van der Waals surface area contributed by atoms with Gasteiger partial charge in [0, 0.05) is 5.56 Å². The summed E-state index contributed by atoms with van der Waals surface area (Å²) >= 11 is 0. The van der Waals surface area contributed by atoms with Crippen molar-refractivity contribution in [2.75, 3.05) is 0 Å². The molecule has 1 N–H and O–H groups in total. The van der Waals surface area contributed by atoms with Crippen molar-refractivity contribution in [3.05, 3.63) is 34.9 Å². The molecule has 0 aliphatic carbocycles. The lowest BCUT2D eigenvalue weighted by molar-refractivity contribution is 0.0307. The van der Waals surface area contributed by atoms with E-state index in [0.29, 0.717) is 6.42 Å². The zero-order chi connectivity index (χ0) is 12.5. The van der Waals surface area contributed by atoms with Crippen LogP contribution in [0.2, 0.25) is 0 Å². The summed E-state index contributed by atoms with van der Waals surface area (Å²) in [6, 6.07) is 2.94. The van der Waals surface area contributed by atoms with Crippen LogP contribution in [0.25, 0.3) is 0 Å². The Morgan fingerprint density at radius 2 is 1.81 bits per heavy atom. The maximum atomic E-state index is 13.7. The Hall–Kier alpha value is -0.960. The van der Waals surface area contributed by atoms with E-state index in [9.17, 15) is 13.9 Å². The summed E-state index contributed by atoms with van der Waals surface area (Å²) in [5.74, 6) is -1.61. The van der Waals surface area contributed by atoms with Crippen LogP contribution in [0.1, 0.15) is 38.3 Å². The van der Waals surface area contributed by atoms with Gasteiger partial charge in [-0.1, -0.05) is 26.0 Å². The highest BCUT2D eigenvalue weighted by Crippen LogP contribution is 2.31. The average Bonchev–Trinajstić information content (AvgIpc) is 2.11. The number of hydrogen-bond acceptors (Lipinski definition) is 1. The zero-order valence-corrected chi connectivity index (χ0v) is 10.1. The molecule has 0 radical (unpaired) electrons. The van der Waals surface area contributed by atoms with Gasteiger partial charge in [0.1, 0.15) is 0 Å². The van der Waals surface area contributed by atoms with E-state index in [2.05, 4.69) is 0 Å². The maximum absolute atomic E-state index is 13.7. The summed E-state index contributed by atoms with van der Waals surface area (Å²) in [6.07, 6.45) is 0.395. The zero-order valence-electron chi connectivity index (χ0n) is 10.1. The number of aliphatic hydroxyl groups is 1. The molecule has 0 aliphatic heterocycles. The fourth-order valence-electron chi connectivity index (χ4n) is 1.97. The molecular weight excluding hydrogens is 210 g/mol. The smallest absolute Gasteiger partial charge is 0.165 e. The third-order valence-electron chi connectivity index (χ3n) is 2.66. The Kier molecular flexibility index (Phi) is 3.68. The highest BCUT2D eigenvalue weighted by atomic mass is 19.2. The van der Waals surface area contributed by atoms with Gasteiger partial charge in [0.25, 0.3) is 0 Å². The summed E-state index contributed by atoms with van der Waals surface area (Å²) in [7, 11) is 0. The van der Waals surface area contributed by atoms with Gasteiger partial charge < -0.3 is 5.11 Å². The minimum absolute atomic E-state index is 0.0318. The molecule has 1 aromatic rings. The van der Waals surface area contributed by atoms with Gasteiger partial charge in [-0.3, -0.25) is 0 Å². The molecule has 1 atom stereocenters. The first-order chi connectivity index (χ1) is 7.25. The molecule has 0 fully saturated rings. The SMILES string of the molecule is Cc1ccc(C(C)(O)CC(C)C)c(F)c1F. The van der Waals surface area contributed by atoms with E-state index in [4.69, 9.17) is 0 Å². The van der Waals surface area contributed by atoms with E-state index in [1.165, 1.54) is 26.0 Å². The fraction of sp³-hybridized carbons (Fsp3) is 0.538. The molecule has 16 heavy (non-hydrogen) atoms. The molecule has 1 aromatic carbocycles. The van der Waals surface area contributed by atoms with Crippen molar-refractivity contribution in [3.63, 3.8) is 0 Å². The number of halogens is 2. The molecule has 3 heteroatoms. The van der Waals surface area contributed by atoms with Crippen LogP contribution >= 0.6 is 0 Å². The molecule has 0 saturated heterocycles. The van der Waals surface area contributed by atoms with Gasteiger partial charge in [0.2, 0.25) is 0 Å². The molecule has 90 valence electrons. The normalized spacial score (nSPS) is 15.2. The summed E-state index contributed by atoms with van der Waals surface area (Å²) in [4.78, 5) is 0. The van der Waals surface area contributed by atoms with Gasteiger partial charge in [0.05, 0.1) is 5.60 Å². The van der Waals surface area contributed by atoms with Crippen molar-refractivity contribution in [3.8, 4) is 0 Å². The lowest BCUT2D eigenvalue weighted by Gasteiger charge is -2.26. The van der Waals surface area contributed by atoms with Crippen molar-refractivity contribution < 1.29 is 13.9 Å². The first kappa shape index (κ1) is 13.1. The van der Waals surface area contributed by atoms with E-state index in [1.54, 1.807) is 0 Å². The number of benzene rings is 1. The third-order valence-corrected chi connectivity index (χ3v) is 2.66. The van der Waals surface area contributed by atoms with E-state index in [1.807, 2.05) is 13.8 Å². The predicted molar refractivity (Wildman–Crippen MR) is 60.1 cm³/mol. The van der Waals surface area contributed by atoms with Crippen LogP contribution in [-0.4, -0.2) is 5.11 Å². The number of hydrogen-bond donors (Lipinski definition) is 1. The second-order valence-electron chi connectivity index (χ2n) is 4.93. The predicted octanol–water partition coefficient (Wildman–Crippen LogP) is 3.53. The molecule has 0 aliphatic rings. The summed E-state index contributed by atoms with van der Waals surface area (Å²) in [6.45, 7) is 6.87. The van der Waals surface area contributed by atoms with Gasteiger partial charge in [-0.25, -0.2) is 8.78 Å². The third kappa shape index (κ3) is 2.59. The molecule has 1 nitrogen and oxygen atoms in total. The molecule has 1 rings (SSSR count). The van der Waals surface area contributed by atoms with Crippen molar-refractivity contribution in [2.24, 2.45) is 5.92 Å². The average molecular weight is 228 g/mol. The molecule has 0 bridgehead atoms. The van der Waals surface area contributed by atoms with Crippen LogP contribution in [0.3, 0.4) is 0 Å². The summed E-state index contributed by atoms with van der Waals surface area (Å²) < 4.78 is 27.0. The van der Waals surface area contributed by atoms with Crippen LogP contribution < -0.4 is 0 Å². The Morgan fingerprint density at radius 3 is 2.31 bits per heavy atom. The van der Waals surface area contributed by atoms with Gasteiger partial charge in [-0.05, 0) is 31.7 Å². The maximum Gasteiger partial charge on any atom is 0.165 e. The first-order valence-electron chi connectivity index (χ1n) is 5.43. The molecular formula is C13H18F2O. The standard InChI is InChI=1S/C13H18F2O/c1-8(2)7-13(4,16)10-6-5-9(3)11(14)12(10)15/h5-6,8,16H,7H2,1-4H3. The monoisotopic (exact) mass is 228 g/mol. The topological polar surface area (TPSA) is 20.2 Å². The quantitative estimate of drug-likeness (QED) is 0.839. The molecule has 0 heterocycles. The Labute approximate surface area is 95.1 Å². The minimum atomic E-state index is -1.33. The van der Waals surface area contributed by atoms with Crippen LogP contribution in [0, 0.1) is 24.5 Å². The van der Waals surface area contributed by atoms with Crippen molar-refractivity contribution >= 4 is 0 Å². The molecule has 0 spiro atoms. The van der Waals surface area contributed by atoms with Gasteiger partial charge >= 0.3 is 0 Å². The lowest BCUT2D eigenvalue weighted by atomic mass is 9.86. The molecule has 1 unspecified atom stereocenters. The van der Waals surface area contributed by atoms with Crippen molar-refractivity contribution in [1.29, 1.82) is 0 Å². The van der Waals surface area contributed by atoms with E-state index >= 15 is 0 Å². The van der Waals surface area contributed by atoms with Gasteiger partial charge in [-0.15, -0.1) is 0 Å². The van der Waals surface area contributed by atoms with Gasteiger partial charge in [0.15, 0.2) is 11.6 Å². The second kappa shape index (κ2) is 4.50. The highest BCUT2D eigenvalue weighted by molar-refractivity contribution is 5.29. The van der Waals surface area contributed by atoms with Crippen LogP contribution in [-0.2, 0) is 5.60 Å². The molecule has 0 saturated carbocycles. The van der Waals surface area contributed by atoms with E-state index < -0.39 is 17.2 Å². The van der Waals surface area contributed by atoms with Gasteiger partial charge in [-0.2, -0.15) is 0 Å². The minimum Gasteiger partial charge on any atom is -0.385 e.